The lowest BCUT2D eigenvalue weighted by atomic mass is 10.2. The maximum Gasteiger partial charge on any atom is 0.0737 e. The van der Waals surface area contributed by atoms with Gasteiger partial charge in [0.1, 0.15) is 0 Å². The third kappa shape index (κ3) is 1.17. The fraction of sp³-hybridized carbons (Fsp3) is 0. The van der Waals surface area contributed by atoms with E-state index >= 15 is 0 Å². The lowest BCUT2D eigenvalue weighted by Gasteiger charge is -2.00. The summed E-state index contributed by atoms with van der Waals surface area (Å²) in [4.78, 5) is 13.4. The first-order chi connectivity index (χ1) is 6.20. The Bertz CT molecular complexity index is 475. The molecule has 0 aliphatic rings. The van der Waals surface area contributed by atoms with Crippen molar-refractivity contribution in [1.29, 1.82) is 0 Å². The SMILES string of the molecule is O=C([O-])c1c[nH]c2cccc(Cl)c12. The third-order valence-corrected chi connectivity index (χ3v) is 2.19. The Kier molecular flexibility index (Phi) is 1.74. The van der Waals surface area contributed by atoms with Gasteiger partial charge in [-0.05, 0) is 12.1 Å². The lowest BCUT2D eigenvalue weighted by Crippen LogP contribution is -2.21. The molecule has 0 aliphatic carbocycles. The van der Waals surface area contributed by atoms with Gasteiger partial charge >= 0.3 is 0 Å². The molecule has 13 heavy (non-hydrogen) atoms. The van der Waals surface area contributed by atoms with Crippen LogP contribution in [0.2, 0.25) is 5.02 Å². The fourth-order valence-corrected chi connectivity index (χ4v) is 1.58. The molecule has 1 aromatic carbocycles. The Morgan fingerprint density at radius 2 is 2.23 bits per heavy atom. The number of carbonyl (C=O) groups is 1. The standard InChI is InChI=1S/C9H6ClNO2/c10-6-2-1-3-7-8(6)5(4-11-7)9(12)13/h1-4,11H,(H,12,13)/p-1. The molecule has 0 fully saturated rings. The number of nitrogens with one attached hydrogen (secondary N) is 1. The number of carboxylic acids is 1. The summed E-state index contributed by atoms with van der Waals surface area (Å²) in [6.45, 7) is 0. The molecule has 0 unspecified atom stereocenters. The van der Waals surface area contributed by atoms with E-state index in [0.29, 0.717) is 15.9 Å². The molecule has 0 atom stereocenters. The zero-order valence-electron chi connectivity index (χ0n) is 6.50. The number of fused-ring (bicyclic) bond motifs is 1. The summed E-state index contributed by atoms with van der Waals surface area (Å²) in [5.74, 6) is -1.22. The average Bonchev–Trinajstić information content (AvgIpc) is 2.49. The summed E-state index contributed by atoms with van der Waals surface area (Å²) in [7, 11) is 0. The second kappa shape index (κ2) is 2.78. The molecule has 0 aliphatic heterocycles. The van der Waals surface area contributed by atoms with Crippen LogP contribution in [0.5, 0.6) is 0 Å². The van der Waals surface area contributed by atoms with E-state index in [1.54, 1.807) is 18.2 Å². The number of H-pyrrole nitrogens is 1. The van der Waals surface area contributed by atoms with Crippen LogP contribution in [-0.2, 0) is 0 Å². The van der Waals surface area contributed by atoms with E-state index in [9.17, 15) is 9.90 Å². The molecular weight excluding hydrogens is 190 g/mol. The Balaban J connectivity index is 2.86. The summed E-state index contributed by atoms with van der Waals surface area (Å²) in [5, 5.41) is 11.6. The highest BCUT2D eigenvalue weighted by Gasteiger charge is 2.06. The van der Waals surface area contributed by atoms with Crippen LogP contribution in [0, 0.1) is 0 Å². The molecule has 4 heteroatoms. The van der Waals surface area contributed by atoms with Crippen molar-refractivity contribution in [3.05, 3.63) is 35.0 Å². The van der Waals surface area contributed by atoms with Gasteiger partial charge in [-0.3, -0.25) is 0 Å². The van der Waals surface area contributed by atoms with Crippen molar-refractivity contribution in [2.24, 2.45) is 0 Å². The Hall–Kier alpha value is -1.48. The molecule has 0 radical (unpaired) electrons. The number of carbonyl (C=O) groups excluding carboxylic acids is 1. The van der Waals surface area contributed by atoms with Crippen molar-refractivity contribution in [2.75, 3.05) is 0 Å². The van der Waals surface area contributed by atoms with Crippen molar-refractivity contribution in [3.8, 4) is 0 Å². The number of carboxylic acid groups (broad SMARTS) is 1. The highest BCUT2D eigenvalue weighted by Crippen LogP contribution is 2.25. The predicted molar refractivity (Wildman–Crippen MR) is 47.6 cm³/mol. The molecule has 0 saturated heterocycles. The van der Waals surface area contributed by atoms with E-state index < -0.39 is 5.97 Å². The highest BCUT2D eigenvalue weighted by molar-refractivity contribution is 6.36. The number of hydrogen-bond donors (Lipinski definition) is 1. The van der Waals surface area contributed by atoms with Gasteiger partial charge in [-0.1, -0.05) is 17.7 Å². The monoisotopic (exact) mass is 194 g/mol. The van der Waals surface area contributed by atoms with Gasteiger partial charge in [-0.15, -0.1) is 0 Å². The summed E-state index contributed by atoms with van der Waals surface area (Å²) in [5.41, 5.74) is 0.798. The van der Waals surface area contributed by atoms with Gasteiger partial charge < -0.3 is 14.9 Å². The number of benzene rings is 1. The van der Waals surface area contributed by atoms with Crippen LogP contribution in [0.3, 0.4) is 0 Å². The number of aromatic nitrogens is 1. The number of hydrogen-bond acceptors (Lipinski definition) is 2. The van der Waals surface area contributed by atoms with Crippen molar-refractivity contribution in [1.82, 2.24) is 4.98 Å². The highest BCUT2D eigenvalue weighted by atomic mass is 35.5. The second-order valence-electron chi connectivity index (χ2n) is 2.65. The largest absolute Gasteiger partial charge is 0.545 e. The number of halogens is 1. The first-order valence-electron chi connectivity index (χ1n) is 3.67. The maximum atomic E-state index is 10.6. The van der Waals surface area contributed by atoms with Crippen LogP contribution in [0.1, 0.15) is 10.4 Å². The van der Waals surface area contributed by atoms with E-state index in [-0.39, 0.29) is 5.56 Å². The first kappa shape index (κ1) is 8.13. The predicted octanol–water partition coefficient (Wildman–Crippen LogP) is 1.18. The zero-order chi connectivity index (χ0) is 9.42. The van der Waals surface area contributed by atoms with Gasteiger partial charge in [0, 0.05) is 22.7 Å². The van der Waals surface area contributed by atoms with Crippen molar-refractivity contribution >= 4 is 28.5 Å². The van der Waals surface area contributed by atoms with Crippen LogP contribution >= 0.6 is 11.6 Å². The molecule has 0 bridgehead atoms. The Morgan fingerprint density at radius 1 is 1.46 bits per heavy atom. The van der Waals surface area contributed by atoms with Crippen LogP contribution < -0.4 is 5.11 Å². The molecule has 0 amide bonds. The van der Waals surface area contributed by atoms with E-state index in [1.165, 1.54) is 6.20 Å². The van der Waals surface area contributed by atoms with Crippen LogP contribution in [0.4, 0.5) is 0 Å². The topological polar surface area (TPSA) is 55.9 Å². The van der Waals surface area contributed by atoms with Gasteiger partial charge in [-0.2, -0.15) is 0 Å². The number of aromatic carboxylic acids is 1. The second-order valence-corrected chi connectivity index (χ2v) is 3.06. The van der Waals surface area contributed by atoms with Gasteiger partial charge in [0.15, 0.2) is 0 Å². The van der Waals surface area contributed by atoms with Crippen LogP contribution in [0.25, 0.3) is 10.9 Å². The van der Waals surface area contributed by atoms with E-state index in [2.05, 4.69) is 4.98 Å². The number of aromatic amines is 1. The van der Waals surface area contributed by atoms with E-state index in [0.717, 1.165) is 0 Å². The third-order valence-electron chi connectivity index (χ3n) is 1.87. The minimum absolute atomic E-state index is 0.0978. The van der Waals surface area contributed by atoms with Gasteiger partial charge in [0.25, 0.3) is 0 Å². The molecule has 2 aromatic rings. The van der Waals surface area contributed by atoms with Crippen LogP contribution in [0.15, 0.2) is 24.4 Å². The van der Waals surface area contributed by atoms with E-state index in [1.807, 2.05) is 0 Å². The van der Waals surface area contributed by atoms with Gasteiger partial charge in [-0.25, -0.2) is 0 Å². The molecular formula is C9H5ClNO2-. The Labute approximate surface area is 78.9 Å². The average molecular weight is 195 g/mol. The van der Waals surface area contributed by atoms with Crippen molar-refractivity contribution in [3.63, 3.8) is 0 Å². The molecule has 1 heterocycles. The Morgan fingerprint density at radius 3 is 2.92 bits per heavy atom. The van der Waals surface area contributed by atoms with Crippen LogP contribution in [-0.4, -0.2) is 11.0 Å². The minimum Gasteiger partial charge on any atom is -0.545 e. The summed E-state index contributed by atoms with van der Waals surface area (Å²) >= 11 is 5.84. The first-order valence-corrected chi connectivity index (χ1v) is 4.05. The van der Waals surface area contributed by atoms with Gasteiger partial charge in [0.2, 0.25) is 0 Å². The lowest BCUT2D eigenvalue weighted by molar-refractivity contribution is -0.254. The van der Waals surface area contributed by atoms with Crippen molar-refractivity contribution in [2.45, 2.75) is 0 Å². The maximum absolute atomic E-state index is 10.6. The molecule has 3 nitrogen and oxygen atoms in total. The molecule has 0 spiro atoms. The molecule has 66 valence electrons. The van der Waals surface area contributed by atoms with Crippen molar-refractivity contribution < 1.29 is 9.90 Å². The smallest absolute Gasteiger partial charge is 0.0737 e. The summed E-state index contributed by atoms with van der Waals surface area (Å²) in [6, 6.07) is 5.15. The zero-order valence-corrected chi connectivity index (χ0v) is 7.26. The quantitative estimate of drug-likeness (QED) is 0.741. The summed E-state index contributed by atoms with van der Waals surface area (Å²) < 4.78 is 0. The van der Waals surface area contributed by atoms with Gasteiger partial charge in [0.05, 0.1) is 11.0 Å². The molecule has 2 rings (SSSR count). The van der Waals surface area contributed by atoms with E-state index in [4.69, 9.17) is 11.6 Å². The summed E-state index contributed by atoms with van der Waals surface area (Å²) in [6.07, 6.45) is 1.38. The minimum atomic E-state index is -1.22. The molecule has 1 aromatic heterocycles. The molecule has 0 saturated carbocycles. The normalized spacial score (nSPS) is 10.5. The molecule has 1 N–H and O–H groups in total. The number of rotatable bonds is 1. The fourth-order valence-electron chi connectivity index (χ4n) is 1.30.